The molecule has 0 aromatic carbocycles. The van der Waals surface area contributed by atoms with E-state index in [0.717, 1.165) is 12.8 Å². The predicted octanol–water partition coefficient (Wildman–Crippen LogP) is 3.18. The van der Waals surface area contributed by atoms with E-state index in [-0.39, 0.29) is 13.2 Å². The maximum atomic E-state index is 10.3. The number of rotatable bonds is 18. The molecule has 10 heteroatoms. The summed E-state index contributed by atoms with van der Waals surface area (Å²) in [6.07, 6.45) is 17.3. The lowest BCUT2D eigenvalue weighted by molar-refractivity contribution is -0.137. The SMILES string of the molecule is CCCCCCCCCCCCCCCC(=O)O.O=P(O)(O)O.OCCNCCO. The van der Waals surface area contributed by atoms with Gasteiger partial charge >= 0.3 is 13.8 Å². The average Bonchev–Trinajstić information content (AvgIpc) is 2.65. The smallest absolute Gasteiger partial charge is 0.466 e. The number of aliphatic carboxylic acids is 1. The summed E-state index contributed by atoms with van der Waals surface area (Å²) in [7, 11) is -4.64. The summed E-state index contributed by atoms with van der Waals surface area (Å²) in [6.45, 7) is 3.68. The molecule has 0 amide bonds. The molecule has 0 atom stereocenters. The van der Waals surface area contributed by atoms with Gasteiger partial charge in [0, 0.05) is 19.5 Å². The van der Waals surface area contributed by atoms with Gasteiger partial charge in [0.05, 0.1) is 13.2 Å². The third-order valence-corrected chi connectivity index (χ3v) is 4.07. The molecule has 0 heterocycles. The first kappa shape index (κ1) is 34.1. The molecule has 9 nitrogen and oxygen atoms in total. The van der Waals surface area contributed by atoms with Crippen LogP contribution in [0.3, 0.4) is 0 Å². The van der Waals surface area contributed by atoms with E-state index < -0.39 is 13.8 Å². The van der Waals surface area contributed by atoms with E-state index in [1.807, 2.05) is 0 Å². The summed E-state index contributed by atoms with van der Waals surface area (Å²) in [5, 5.41) is 27.6. The zero-order valence-electron chi connectivity index (χ0n) is 18.7. The summed E-state index contributed by atoms with van der Waals surface area (Å²) in [5.41, 5.74) is 0. The molecular weight excluding hydrogens is 413 g/mol. The fourth-order valence-corrected chi connectivity index (χ4v) is 2.58. The van der Waals surface area contributed by atoms with Crippen molar-refractivity contribution in [2.45, 2.75) is 96.8 Å². The number of nitrogens with one attached hydrogen (secondary N) is 1. The van der Waals surface area contributed by atoms with Crippen LogP contribution in [0.4, 0.5) is 0 Å². The maximum Gasteiger partial charge on any atom is 0.466 e. The highest BCUT2D eigenvalue weighted by atomic mass is 31.2. The number of aliphatic hydroxyl groups is 2. The molecule has 0 aliphatic carbocycles. The van der Waals surface area contributed by atoms with Crippen LogP contribution in [-0.4, -0.2) is 62.3 Å². The minimum atomic E-state index is -4.64. The molecule has 0 aliphatic heterocycles. The second-order valence-corrected chi connectivity index (χ2v) is 8.12. The summed E-state index contributed by atoms with van der Waals surface area (Å²) in [6, 6.07) is 0. The van der Waals surface area contributed by atoms with Crippen molar-refractivity contribution in [3.63, 3.8) is 0 Å². The van der Waals surface area contributed by atoms with Gasteiger partial charge in [-0.15, -0.1) is 0 Å². The van der Waals surface area contributed by atoms with E-state index in [0.29, 0.717) is 19.5 Å². The highest BCUT2D eigenvalue weighted by Gasteiger charge is 2.00. The Balaban J connectivity index is -0.000000496. The molecule has 0 rings (SSSR count). The monoisotopic (exact) mass is 459 g/mol. The van der Waals surface area contributed by atoms with Crippen molar-refractivity contribution in [1.82, 2.24) is 5.32 Å². The van der Waals surface area contributed by atoms with Crippen LogP contribution in [0.15, 0.2) is 0 Å². The minimum Gasteiger partial charge on any atom is -0.481 e. The van der Waals surface area contributed by atoms with Crippen LogP contribution in [0, 0.1) is 0 Å². The second-order valence-electron chi connectivity index (χ2n) is 7.10. The molecule has 0 unspecified atom stereocenters. The number of hydrogen-bond donors (Lipinski definition) is 7. The summed E-state index contributed by atoms with van der Waals surface area (Å²) in [5.74, 6) is -0.655. The normalized spacial score (nSPS) is 10.6. The number of aliphatic hydroxyl groups excluding tert-OH is 2. The van der Waals surface area contributed by atoms with Crippen molar-refractivity contribution in [3.8, 4) is 0 Å². The number of hydrogen-bond acceptors (Lipinski definition) is 5. The highest BCUT2D eigenvalue weighted by molar-refractivity contribution is 7.45. The summed E-state index contributed by atoms with van der Waals surface area (Å²) < 4.78 is 8.88. The van der Waals surface area contributed by atoms with Crippen LogP contribution in [0.2, 0.25) is 0 Å². The standard InChI is InChI=1S/C16H32O2.C4H11NO2.H3O4P/c1-2-3-4-5-6-7-8-9-10-11-12-13-14-15-16(17)18;6-3-1-5-2-4-7;1-5(2,3)4/h2-15H2,1H3,(H,17,18);5-7H,1-4H2;(H3,1,2,3,4). The zero-order valence-corrected chi connectivity index (χ0v) is 19.6. The van der Waals surface area contributed by atoms with E-state index in [1.165, 1.54) is 70.6 Å². The summed E-state index contributed by atoms with van der Waals surface area (Å²) >= 11 is 0. The molecule has 0 saturated carbocycles. The van der Waals surface area contributed by atoms with Crippen molar-refractivity contribution >= 4 is 13.8 Å². The Morgan fingerprint density at radius 2 is 1.00 bits per heavy atom. The van der Waals surface area contributed by atoms with Gasteiger partial charge in [-0.25, -0.2) is 4.57 Å². The van der Waals surface area contributed by atoms with Crippen LogP contribution in [0.5, 0.6) is 0 Å². The number of carbonyl (C=O) groups is 1. The maximum absolute atomic E-state index is 10.3. The number of phosphoric acid groups is 1. The molecule has 7 N–H and O–H groups in total. The van der Waals surface area contributed by atoms with Crippen molar-refractivity contribution < 1.29 is 39.4 Å². The Labute approximate surface area is 182 Å². The van der Waals surface area contributed by atoms with Crippen molar-refractivity contribution in [2.24, 2.45) is 0 Å². The quantitative estimate of drug-likeness (QED) is 0.120. The first-order valence-corrected chi connectivity index (χ1v) is 12.7. The molecule has 0 saturated heterocycles. The lowest BCUT2D eigenvalue weighted by atomic mass is 10.0. The molecule has 0 spiro atoms. The van der Waals surface area contributed by atoms with Gasteiger partial charge in [-0.3, -0.25) is 4.79 Å². The van der Waals surface area contributed by atoms with Gasteiger partial charge < -0.3 is 35.3 Å². The van der Waals surface area contributed by atoms with E-state index in [2.05, 4.69) is 12.2 Å². The lowest BCUT2D eigenvalue weighted by Crippen LogP contribution is -2.21. The van der Waals surface area contributed by atoms with E-state index in [9.17, 15) is 4.79 Å². The Hall–Kier alpha value is -0.540. The number of carboxylic acids is 1. The Morgan fingerprint density at radius 1 is 0.700 bits per heavy atom. The van der Waals surface area contributed by atoms with Gasteiger partial charge in [-0.1, -0.05) is 84.0 Å². The third-order valence-electron chi connectivity index (χ3n) is 4.07. The molecule has 0 aromatic rings. The molecule has 0 bridgehead atoms. The zero-order chi connectivity index (χ0) is 23.5. The predicted molar refractivity (Wildman–Crippen MR) is 119 cm³/mol. The third kappa shape index (κ3) is 56.4. The minimum absolute atomic E-state index is 0.139. The van der Waals surface area contributed by atoms with Crippen molar-refractivity contribution in [1.29, 1.82) is 0 Å². The van der Waals surface area contributed by atoms with Gasteiger partial charge in [0.15, 0.2) is 0 Å². The number of unbranched alkanes of at least 4 members (excludes halogenated alkanes) is 12. The fraction of sp³-hybridized carbons (Fsp3) is 0.950. The van der Waals surface area contributed by atoms with Gasteiger partial charge in [-0.05, 0) is 6.42 Å². The average molecular weight is 460 g/mol. The molecule has 30 heavy (non-hydrogen) atoms. The molecule has 0 fully saturated rings. The van der Waals surface area contributed by atoms with Gasteiger partial charge in [0.1, 0.15) is 0 Å². The second kappa shape index (κ2) is 28.5. The molecule has 184 valence electrons. The first-order valence-electron chi connectivity index (χ1n) is 11.1. The van der Waals surface area contributed by atoms with Crippen LogP contribution in [0.1, 0.15) is 96.8 Å². The Morgan fingerprint density at radius 3 is 1.27 bits per heavy atom. The van der Waals surface area contributed by atoms with Gasteiger partial charge in [0.2, 0.25) is 0 Å². The largest absolute Gasteiger partial charge is 0.481 e. The van der Waals surface area contributed by atoms with Crippen LogP contribution < -0.4 is 5.32 Å². The lowest BCUT2D eigenvalue weighted by Gasteiger charge is -2.02. The van der Waals surface area contributed by atoms with Gasteiger partial charge in [-0.2, -0.15) is 0 Å². The molecule has 0 aromatic heterocycles. The van der Waals surface area contributed by atoms with Gasteiger partial charge in [0.25, 0.3) is 0 Å². The van der Waals surface area contributed by atoms with Crippen LogP contribution >= 0.6 is 7.82 Å². The van der Waals surface area contributed by atoms with Crippen molar-refractivity contribution in [2.75, 3.05) is 26.3 Å². The fourth-order valence-electron chi connectivity index (χ4n) is 2.58. The Bertz CT molecular complexity index is 368. The molecule has 0 radical (unpaired) electrons. The highest BCUT2D eigenvalue weighted by Crippen LogP contribution is 2.25. The molecular formula is C20H46NO8P. The van der Waals surface area contributed by atoms with Crippen molar-refractivity contribution in [3.05, 3.63) is 0 Å². The number of carboxylic acid groups (broad SMARTS) is 1. The van der Waals surface area contributed by atoms with E-state index in [4.69, 9.17) is 34.6 Å². The Kier molecular flexibility index (Phi) is 32.3. The van der Waals surface area contributed by atoms with Crippen LogP contribution in [-0.2, 0) is 9.36 Å². The summed E-state index contributed by atoms with van der Waals surface area (Å²) in [4.78, 5) is 31.9. The first-order chi connectivity index (χ1) is 14.2. The van der Waals surface area contributed by atoms with E-state index >= 15 is 0 Å². The topological polar surface area (TPSA) is 168 Å². The van der Waals surface area contributed by atoms with Crippen LogP contribution in [0.25, 0.3) is 0 Å². The van der Waals surface area contributed by atoms with E-state index in [1.54, 1.807) is 0 Å². The molecule has 0 aliphatic rings.